The summed E-state index contributed by atoms with van der Waals surface area (Å²) in [5.41, 5.74) is 5.82. The smallest absolute Gasteiger partial charge is 0.273 e. The van der Waals surface area contributed by atoms with Crippen LogP contribution in [0.3, 0.4) is 0 Å². The van der Waals surface area contributed by atoms with Crippen molar-refractivity contribution in [2.24, 2.45) is 0 Å². The Labute approximate surface area is 114 Å². The maximum atomic E-state index is 12.3. The second-order valence-electron chi connectivity index (χ2n) is 3.79. The van der Waals surface area contributed by atoms with Crippen LogP contribution in [0.1, 0.15) is 22.7 Å². The number of hydrogen-bond donors (Lipinski definition) is 1. The Bertz CT molecular complexity index is 585. The number of rotatable bonds is 5. The summed E-state index contributed by atoms with van der Waals surface area (Å²) in [4.78, 5) is 17.7. The first-order chi connectivity index (χ1) is 9.20. The summed E-state index contributed by atoms with van der Waals surface area (Å²) in [5.74, 6) is 0.411. The first-order valence-corrected chi connectivity index (χ1v) is 6.48. The van der Waals surface area contributed by atoms with Gasteiger partial charge in [-0.15, -0.1) is 11.3 Å². The second kappa shape index (κ2) is 6.02. The van der Waals surface area contributed by atoms with E-state index in [1.807, 2.05) is 6.07 Å². The lowest BCUT2D eigenvalue weighted by molar-refractivity contribution is 0.0730. The van der Waals surface area contributed by atoms with E-state index in [2.05, 4.69) is 4.98 Å². The molecule has 0 bridgehead atoms. The summed E-state index contributed by atoms with van der Waals surface area (Å²) in [7, 11) is 0. The van der Waals surface area contributed by atoms with Crippen molar-refractivity contribution >= 4 is 22.4 Å². The second-order valence-corrected chi connectivity index (χ2v) is 4.67. The normalized spacial score (nSPS) is 10.1. The highest BCUT2D eigenvalue weighted by atomic mass is 32.1. The number of nitrogen functional groups attached to an aromatic ring is 1. The van der Waals surface area contributed by atoms with Gasteiger partial charge in [0, 0.05) is 11.9 Å². The maximum Gasteiger partial charge on any atom is 0.273 e. The summed E-state index contributed by atoms with van der Waals surface area (Å²) in [6.07, 6.45) is 1.80. The molecule has 7 heteroatoms. The van der Waals surface area contributed by atoms with Gasteiger partial charge in [0.2, 0.25) is 0 Å². The predicted octanol–water partition coefficient (Wildman–Crippen LogP) is 1.87. The summed E-state index contributed by atoms with van der Waals surface area (Å²) < 4.78 is 5.22. The molecule has 2 aromatic rings. The molecule has 2 aromatic heterocycles. The van der Waals surface area contributed by atoms with Crippen LogP contribution in [0.4, 0.5) is 5.13 Å². The van der Waals surface area contributed by atoms with Crippen LogP contribution in [0, 0.1) is 11.3 Å². The summed E-state index contributed by atoms with van der Waals surface area (Å²) in [6, 6.07) is 5.56. The molecule has 0 unspecified atom stereocenters. The van der Waals surface area contributed by atoms with E-state index >= 15 is 0 Å². The average Bonchev–Trinajstić information content (AvgIpc) is 3.05. The molecular weight excluding hydrogens is 264 g/mol. The number of nitriles is 1. The van der Waals surface area contributed by atoms with Crippen LogP contribution >= 0.6 is 11.3 Å². The number of carbonyl (C=O) groups is 1. The van der Waals surface area contributed by atoms with Gasteiger partial charge in [-0.3, -0.25) is 4.79 Å². The fourth-order valence-electron chi connectivity index (χ4n) is 1.58. The topological polar surface area (TPSA) is 96.2 Å². The Morgan fingerprint density at radius 3 is 3.05 bits per heavy atom. The van der Waals surface area contributed by atoms with E-state index < -0.39 is 0 Å². The standard InChI is InChI=1S/C12H12N4O2S/c13-4-2-5-16(7-9-3-1-6-18-9)11(17)10-8-19-12(14)15-10/h1,3,6,8H,2,5,7H2,(H2,14,15). The lowest BCUT2D eigenvalue weighted by Crippen LogP contribution is -2.31. The van der Waals surface area contributed by atoms with E-state index in [1.165, 1.54) is 16.2 Å². The molecular formula is C12H12N4O2S. The number of anilines is 1. The Kier molecular flexibility index (Phi) is 4.15. The molecule has 0 fully saturated rings. The molecule has 1 amide bonds. The number of nitrogens with zero attached hydrogens (tertiary/aromatic N) is 3. The van der Waals surface area contributed by atoms with Crippen molar-refractivity contribution in [2.75, 3.05) is 12.3 Å². The third-order valence-electron chi connectivity index (χ3n) is 2.45. The molecule has 0 spiro atoms. The molecule has 19 heavy (non-hydrogen) atoms. The Balaban J connectivity index is 2.12. The largest absolute Gasteiger partial charge is 0.467 e. The van der Waals surface area contributed by atoms with Crippen LogP contribution in [-0.4, -0.2) is 22.3 Å². The lowest BCUT2D eigenvalue weighted by atomic mass is 10.3. The van der Waals surface area contributed by atoms with Crippen LogP contribution < -0.4 is 5.73 Å². The Morgan fingerprint density at radius 1 is 1.63 bits per heavy atom. The molecule has 2 N–H and O–H groups in total. The lowest BCUT2D eigenvalue weighted by Gasteiger charge is -2.19. The minimum atomic E-state index is -0.250. The van der Waals surface area contributed by atoms with Crippen LogP contribution in [0.25, 0.3) is 0 Å². The molecule has 0 saturated carbocycles. The van der Waals surface area contributed by atoms with E-state index in [9.17, 15) is 4.79 Å². The predicted molar refractivity (Wildman–Crippen MR) is 70.2 cm³/mol. The van der Waals surface area contributed by atoms with Gasteiger partial charge in [-0.2, -0.15) is 5.26 Å². The van der Waals surface area contributed by atoms with Crippen LogP contribution in [0.15, 0.2) is 28.2 Å². The van der Waals surface area contributed by atoms with Gasteiger partial charge < -0.3 is 15.1 Å². The van der Waals surface area contributed by atoms with E-state index in [0.29, 0.717) is 29.7 Å². The Morgan fingerprint density at radius 2 is 2.47 bits per heavy atom. The summed E-state index contributed by atoms with van der Waals surface area (Å²) in [5, 5.41) is 10.6. The third kappa shape index (κ3) is 3.33. The van der Waals surface area contributed by atoms with Crippen molar-refractivity contribution in [3.05, 3.63) is 35.2 Å². The van der Waals surface area contributed by atoms with Crippen LogP contribution in [0.2, 0.25) is 0 Å². The third-order valence-corrected chi connectivity index (χ3v) is 3.12. The Hall–Kier alpha value is -2.33. The first kappa shape index (κ1) is 13.1. The van der Waals surface area contributed by atoms with E-state index in [1.54, 1.807) is 23.8 Å². The molecule has 2 rings (SSSR count). The van der Waals surface area contributed by atoms with Crippen molar-refractivity contribution in [1.29, 1.82) is 5.26 Å². The highest BCUT2D eigenvalue weighted by molar-refractivity contribution is 7.13. The summed E-state index contributed by atoms with van der Waals surface area (Å²) >= 11 is 1.21. The number of carbonyl (C=O) groups excluding carboxylic acids is 1. The average molecular weight is 276 g/mol. The number of hydrogen-bond acceptors (Lipinski definition) is 6. The molecule has 0 aliphatic heterocycles. The minimum absolute atomic E-state index is 0.250. The number of thiazole rings is 1. The number of aromatic nitrogens is 1. The van der Waals surface area contributed by atoms with Crippen molar-refractivity contribution in [2.45, 2.75) is 13.0 Å². The van der Waals surface area contributed by atoms with Gasteiger partial charge in [-0.05, 0) is 12.1 Å². The zero-order valence-corrected chi connectivity index (χ0v) is 10.9. The van der Waals surface area contributed by atoms with Gasteiger partial charge in [0.1, 0.15) is 11.5 Å². The molecule has 0 radical (unpaired) electrons. The summed E-state index contributed by atoms with van der Waals surface area (Å²) in [6.45, 7) is 0.637. The first-order valence-electron chi connectivity index (χ1n) is 5.60. The van der Waals surface area contributed by atoms with Crippen molar-refractivity contribution in [3.63, 3.8) is 0 Å². The molecule has 0 atom stereocenters. The number of nitrogens with two attached hydrogens (primary N) is 1. The molecule has 0 aliphatic carbocycles. The van der Waals surface area contributed by atoms with Gasteiger partial charge in [-0.25, -0.2) is 4.98 Å². The SMILES string of the molecule is N#CCCN(Cc1ccco1)C(=O)c1csc(N)n1. The maximum absolute atomic E-state index is 12.3. The molecule has 98 valence electrons. The van der Waals surface area contributed by atoms with Gasteiger partial charge in [0.25, 0.3) is 5.91 Å². The van der Waals surface area contributed by atoms with Gasteiger partial charge in [0.05, 0.1) is 25.3 Å². The minimum Gasteiger partial charge on any atom is -0.467 e. The fraction of sp³-hybridized carbons (Fsp3) is 0.250. The highest BCUT2D eigenvalue weighted by Gasteiger charge is 2.19. The molecule has 6 nitrogen and oxygen atoms in total. The fourth-order valence-corrected chi connectivity index (χ4v) is 2.11. The molecule has 2 heterocycles. The van der Waals surface area contributed by atoms with E-state index in [-0.39, 0.29) is 12.3 Å². The highest BCUT2D eigenvalue weighted by Crippen LogP contribution is 2.15. The van der Waals surface area contributed by atoms with Crippen LogP contribution in [0.5, 0.6) is 0 Å². The van der Waals surface area contributed by atoms with E-state index in [0.717, 1.165) is 0 Å². The van der Waals surface area contributed by atoms with Gasteiger partial charge >= 0.3 is 0 Å². The molecule has 0 saturated heterocycles. The molecule has 0 aliphatic rings. The van der Waals surface area contributed by atoms with Crippen molar-refractivity contribution < 1.29 is 9.21 Å². The number of furan rings is 1. The van der Waals surface area contributed by atoms with Crippen molar-refractivity contribution in [1.82, 2.24) is 9.88 Å². The van der Waals surface area contributed by atoms with E-state index in [4.69, 9.17) is 15.4 Å². The van der Waals surface area contributed by atoms with Crippen LogP contribution in [-0.2, 0) is 6.54 Å². The van der Waals surface area contributed by atoms with Crippen molar-refractivity contribution in [3.8, 4) is 6.07 Å². The molecule has 0 aromatic carbocycles. The monoisotopic (exact) mass is 276 g/mol. The zero-order chi connectivity index (χ0) is 13.7. The number of amides is 1. The zero-order valence-electron chi connectivity index (χ0n) is 10.1. The van der Waals surface area contributed by atoms with Gasteiger partial charge in [0.15, 0.2) is 5.13 Å². The quantitative estimate of drug-likeness (QED) is 0.899. The van der Waals surface area contributed by atoms with Gasteiger partial charge in [-0.1, -0.05) is 0 Å².